The molecule has 2 aromatic carbocycles. The predicted octanol–water partition coefficient (Wildman–Crippen LogP) is 2.49. The van der Waals surface area contributed by atoms with Crippen LogP contribution in [0.3, 0.4) is 0 Å². The summed E-state index contributed by atoms with van der Waals surface area (Å²) in [5.74, 6) is -1.96. The van der Waals surface area contributed by atoms with E-state index in [4.69, 9.17) is 4.74 Å². The largest absolute Gasteiger partial charge is 0.490 e. The zero-order valence-electron chi connectivity index (χ0n) is 15.1. The summed E-state index contributed by atoms with van der Waals surface area (Å²) in [6.07, 6.45) is -6.61. The Morgan fingerprint density at radius 2 is 1.69 bits per heavy atom. The summed E-state index contributed by atoms with van der Waals surface area (Å²) in [6, 6.07) is 14.9. The molecule has 3 rings (SSSR count). The first-order valence-electron chi connectivity index (χ1n) is 8.67. The van der Waals surface area contributed by atoms with Gasteiger partial charge in [0.05, 0.1) is 4.90 Å². The van der Waals surface area contributed by atoms with E-state index in [-0.39, 0.29) is 18.0 Å². The summed E-state index contributed by atoms with van der Waals surface area (Å²) in [6.45, 7) is 0.00331. The van der Waals surface area contributed by atoms with Crippen molar-refractivity contribution in [2.24, 2.45) is 0 Å². The number of alkyl halides is 3. The molecule has 1 aliphatic rings. The van der Waals surface area contributed by atoms with Crippen molar-refractivity contribution in [3.05, 3.63) is 60.2 Å². The van der Waals surface area contributed by atoms with Crippen molar-refractivity contribution in [3.63, 3.8) is 0 Å². The Hall–Kier alpha value is -2.59. The molecular weight excluding hydrogens is 411 g/mol. The molecule has 0 saturated carbocycles. The van der Waals surface area contributed by atoms with Crippen molar-refractivity contribution in [1.82, 2.24) is 5.32 Å². The molecule has 156 valence electrons. The number of ether oxygens (including phenoxy) is 2. The molecule has 6 nitrogen and oxygen atoms in total. The summed E-state index contributed by atoms with van der Waals surface area (Å²) in [7, 11) is -4.03. The maximum Gasteiger partial charge on any atom is 0.490 e. The number of nitrogens with one attached hydrogen (secondary N) is 1. The zero-order chi connectivity index (χ0) is 21.1. The number of halogens is 3. The number of esters is 1. The lowest BCUT2D eigenvalue weighted by Crippen LogP contribution is -2.39. The van der Waals surface area contributed by atoms with Gasteiger partial charge in [-0.3, -0.25) is 0 Å². The van der Waals surface area contributed by atoms with Gasteiger partial charge in [0.2, 0.25) is 0 Å². The molecule has 0 aliphatic carbocycles. The third-order valence-corrected chi connectivity index (χ3v) is 6.59. The maximum atomic E-state index is 12.8. The minimum absolute atomic E-state index is 0.0914. The fourth-order valence-corrected chi connectivity index (χ4v) is 4.66. The van der Waals surface area contributed by atoms with Gasteiger partial charge in [0.25, 0.3) is 0 Å². The normalized spacial score (nSPS) is 19.7. The van der Waals surface area contributed by atoms with E-state index in [1.807, 2.05) is 30.3 Å². The van der Waals surface area contributed by atoms with Gasteiger partial charge in [-0.2, -0.15) is 13.2 Å². The van der Waals surface area contributed by atoms with Gasteiger partial charge in [-0.25, -0.2) is 13.2 Å². The van der Waals surface area contributed by atoms with Gasteiger partial charge in [-0.05, 0) is 29.8 Å². The molecule has 2 aromatic rings. The number of hydrogen-bond acceptors (Lipinski definition) is 6. The van der Waals surface area contributed by atoms with E-state index in [1.54, 1.807) is 0 Å². The highest BCUT2D eigenvalue weighted by Crippen LogP contribution is 2.26. The quantitative estimate of drug-likeness (QED) is 0.711. The molecule has 29 heavy (non-hydrogen) atoms. The first-order chi connectivity index (χ1) is 13.7. The summed E-state index contributed by atoms with van der Waals surface area (Å²) < 4.78 is 72.9. The van der Waals surface area contributed by atoms with Crippen LogP contribution in [0, 0.1) is 0 Å². The van der Waals surface area contributed by atoms with E-state index < -0.39 is 33.3 Å². The van der Waals surface area contributed by atoms with Gasteiger partial charge in [0.15, 0.2) is 9.84 Å². The molecule has 1 fully saturated rings. The number of carbonyl (C=O) groups is 1. The van der Waals surface area contributed by atoms with Crippen LogP contribution in [0.15, 0.2) is 59.5 Å². The lowest BCUT2D eigenvalue weighted by Gasteiger charge is -2.20. The first kappa shape index (κ1) is 21.1. The molecule has 1 aliphatic heterocycles. The second-order valence-electron chi connectivity index (χ2n) is 6.43. The summed E-state index contributed by atoms with van der Waals surface area (Å²) >= 11 is 0. The number of rotatable bonds is 6. The van der Waals surface area contributed by atoms with Crippen molar-refractivity contribution < 1.29 is 35.9 Å². The molecule has 0 radical (unpaired) electrons. The lowest BCUT2D eigenvalue weighted by molar-refractivity contribution is -0.203. The Kier molecular flexibility index (Phi) is 6.13. The number of carbonyl (C=O) groups excluding carboxylic acids is 1. The maximum absolute atomic E-state index is 12.8. The molecule has 1 N–H and O–H groups in total. The molecule has 1 saturated heterocycles. The van der Waals surface area contributed by atoms with Crippen LogP contribution >= 0.6 is 0 Å². The smallest absolute Gasteiger partial charge is 0.489 e. The topological polar surface area (TPSA) is 81.7 Å². The molecule has 10 heteroatoms. The van der Waals surface area contributed by atoms with Crippen molar-refractivity contribution in [2.45, 2.75) is 29.0 Å². The van der Waals surface area contributed by atoms with E-state index in [0.29, 0.717) is 12.4 Å². The Bertz CT molecular complexity index is 946. The highest BCUT2D eigenvalue weighted by molar-refractivity contribution is 7.92. The van der Waals surface area contributed by atoms with Gasteiger partial charge >= 0.3 is 12.1 Å². The van der Waals surface area contributed by atoms with Crippen LogP contribution in [0.2, 0.25) is 0 Å². The first-order valence-corrected chi connectivity index (χ1v) is 10.2. The summed E-state index contributed by atoms with van der Waals surface area (Å²) in [5, 5.41) is 1.34. The molecule has 0 aromatic heterocycles. The molecular formula is C19H18F3NO5S. The van der Waals surface area contributed by atoms with Gasteiger partial charge < -0.3 is 14.8 Å². The van der Waals surface area contributed by atoms with Crippen LogP contribution in [0.25, 0.3) is 0 Å². The average Bonchev–Trinajstić information content (AvgIpc) is 3.16. The van der Waals surface area contributed by atoms with Gasteiger partial charge in [-0.15, -0.1) is 0 Å². The van der Waals surface area contributed by atoms with Crippen LogP contribution < -0.4 is 10.1 Å². The van der Waals surface area contributed by atoms with Crippen LogP contribution in [0.1, 0.15) is 5.56 Å². The van der Waals surface area contributed by atoms with Crippen molar-refractivity contribution in [1.29, 1.82) is 0 Å². The third-order valence-electron chi connectivity index (χ3n) is 4.39. The predicted molar refractivity (Wildman–Crippen MR) is 97.0 cm³/mol. The van der Waals surface area contributed by atoms with Crippen molar-refractivity contribution in [3.8, 4) is 5.75 Å². The number of benzene rings is 2. The van der Waals surface area contributed by atoms with Crippen LogP contribution in [0.4, 0.5) is 13.2 Å². The second-order valence-corrected chi connectivity index (χ2v) is 8.60. The lowest BCUT2D eigenvalue weighted by atomic mass is 10.2. The van der Waals surface area contributed by atoms with E-state index in [2.05, 4.69) is 10.1 Å². The summed E-state index contributed by atoms with van der Waals surface area (Å²) in [5.41, 5.74) is 0.940. The standard InChI is InChI=1S/C19H18F3NO5S/c20-19(21,22)18(24)28-16-10-23-11-17(16)29(25,26)15-8-6-14(7-9-15)27-12-13-4-2-1-3-5-13/h1-9,16-17,23H,10-12H2. The van der Waals surface area contributed by atoms with Gasteiger partial charge in [-0.1, -0.05) is 30.3 Å². The minimum atomic E-state index is -5.19. The molecule has 2 unspecified atom stereocenters. The van der Waals surface area contributed by atoms with Gasteiger partial charge in [0.1, 0.15) is 23.7 Å². The highest BCUT2D eigenvalue weighted by Gasteiger charge is 2.47. The minimum Gasteiger partial charge on any atom is -0.489 e. The zero-order valence-corrected chi connectivity index (χ0v) is 15.9. The van der Waals surface area contributed by atoms with Crippen molar-refractivity contribution in [2.75, 3.05) is 13.1 Å². The van der Waals surface area contributed by atoms with Gasteiger partial charge in [0, 0.05) is 13.1 Å². The average molecular weight is 429 g/mol. The molecule has 0 amide bonds. The van der Waals surface area contributed by atoms with Crippen LogP contribution in [-0.4, -0.2) is 45.0 Å². The van der Waals surface area contributed by atoms with E-state index in [0.717, 1.165) is 5.56 Å². The molecule has 0 spiro atoms. The number of hydrogen-bond donors (Lipinski definition) is 1. The Morgan fingerprint density at radius 3 is 2.31 bits per heavy atom. The second kappa shape index (κ2) is 8.42. The Labute approximate surface area is 165 Å². The third kappa shape index (κ3) is 5.07. The highest BCUT2D eigenvalue weighted by atomic mass is 32.2. The fourth-order valence-electron chi connectivity index (χ4n) is 2.90. The monoisotopic (exact) mass is 429 g/mol. The molecule has 1 heterocycles. The SMILES string of the molecule is O=C(OC1CNCC1S(=O)(=O)c1ccc(OCc2ccccc2)cc1)C(F)(F)F. The van der Waals surface area contributed by atoms with Crippen molar-refractivity contribution >= 4 is 15.8 Å². The van der Waals surface area contributed by atoms with Crippen LogP contribution in [-0.2, 0) is 26.0 Å². The molecule has 0 bridgehead atoms. The summed E-state index contributed by atoms with van der Waals surface area (Å²) in [4.78, 5) is 11.0. The van der Waals surface area contributed by atoms with E-state index in [9.17, 15) is 26.4 Å². The molecule has 2 atom stereocenters. The van der Waals surface area contributed by atoms with E-state index >= 15 is 0 Å². The Morgan fingerprint density at radius 1 is 1.03 bits per heavy atom. The number of sulfone groups is 1. The fraction of sp³-hybridized carbons (Fsp3) is 0.316. The van der Waals surface area contributed by atoms with E-state index in [1.165, 1.54) is 24.3 Å². The van der Waals surface area contributed by atoms with Crippen LogP contribution in [0.5, 0.6) is 5.75 Å². The Balaban J connectivity index is 1.69.